The first-order valence-corrected chi connectivity index (χ1v) is 4.85. The summed E-state index contributed by atoms with van der Waals surface area (Å²) in [5, 5.41) is 28.3. The average molecular weight is 245 g/mol. The minimum absolute atomic E-state index is 0.610. The Kier molecular flexibility index (Phi) is 2.77. The van der Waals surface area contributed by atoms with Crippen molar-refractivity contribution in [1.29, 1.82) is 0 Å². The maximum atomic E-state index is 11.5. The highest BCUT2D eigenvalue weighted by atomic mass is 16.6. The monoisotopic (exact) mass is 245 g/mol. The summed E-state index contributed by atoms with van der Waals surface area (Å²) in [5.41, 5.74) is -1.43. The van der Waals surface area contributed by atoms with E-state index in [1.54, 1.807) is 0 Å². The first kappa shape index (κ1) is 10.7. The molecule has 2 rings (SSSR count). The van der Waals surface area contributed by atoms with Crippen molar-refractivity contribution in [3.63, 3.8) is 0 Å². The van der Waals surface area contributed by atoms with Gasteiger partial charge in [0.25, 0.3) is 5.56 Å². The Morgan fingerprint density at radius 1 is 1.47 bits per heavy atom. The van der Waals surface area contributed by atoms with E-state index >= 15 is 0 Å². The van der Waals surface area contributed by atoms with Crippen LogP contribution in [0.2, 0.25) is 0 Å². The SMILES string of the molecule is [2H]C(O)[C@H]1O[C@@H](n2ccc(=O)[nH]c2=O)[C@H](O)[C@@H]1O. The van der Waals surface area contributed by atoms with Crippen LogP contribution >= 0.6 is 0 Å². The molecule has 0 saturated carbocycles. The first-order chi connectivity index (χ1) is 8.41. The van der Waals surface area contributed by atoms with Gasteiger partial charge in [-0.1, -0.05) is 0 Å². The van der Waals surface area contributed by atoms with Gasteiger partial charge < -0.3 is 20.1 Å². The van der Waals surface area contributed by atoms with Crippen molar-refractivity contribution in [3.8, 4) is 0 Å². The molecule has 1 fully saturated rings. The molecule has 1 aliphatic rings. The van der Waals surface area contributed by atoms with E-state index < -0.39 is 42.4 Å². The molecule has 1 aromatic heterocycles. The van der Waals surface area contributed by atoms with Crippen molar-refractivity contribution in [3.05, 3.63) is 33.1 Å². The van der Waals surface area contributed by atoms with E-state index in [2.05, 4.69) is 0 Å². The van der Waals surface area contributed by atoms with Gasteiger partial charge >= 0.3 is 5.69 Å². The Balaban J connectivity index is 2.35. The fraction of sp³-hybridized carbons (Fsp3) is 0.556. The van der Waals surface area contributed by atoms with Gasteiger partial charge in [-0.05, 0) is 0 Å². The lowest BCUT2D eigenvalue weighted by Crippen LogP contribution is -2.37. The maximum Gasteiger partial charge on any atom is 0.330 e. The molecule has 5 atom stereocenters. The van der Waals surface area contributed by atoms with Crippen LogP contribution in [-0.2, 0) is 4.74 Å². The van der Waals surface area contributed by atoms with Crippen molar-refractivity contribution in [2.75, 3.05) is 6.58 Å². The summed E-state index contributed by atoms with van der Waals surface area (Å²) in [7, 11) is 0. The van der Waals surface area contributed by atoms with E-state index in [0.29, 0.717) is 0 Å². The molecule has 1 saturated heterocycles. The molecule has 0 bridgehead atoms. The number of hydrogen-bond acceptors (Lipinski definition) is 6. The third-order valence-electron chi connectivity index (χ3n) is 2.55. The van der Waals surface area contributed by atoms with Gasteiger partial charge in [-0.15, -0.1) is 0 Å². The summed E-state index contributed by atoms with van der Waals surface area (Å²) in [6.07, 6.45) is -4.49. The number of aliphatic hydroxyl groups excluding tert-OH is 3. The molecule has 0 amide bonds. The molecule has 1 aromatic rings. The standard InChI is InChI=1S/C9H12N2O6/c12-3-4-6(14)7(15)8(17-4)11-2-1-5(13)10-9(11)16/h1-2,4,6-8,12,14-15H,3H2,(H,10,13,16)/t4-,6-,7-,8-/m1/s1/i3D/t3?,4-,6-,7-,8-. The Morgan fingerprint density at radius 2 is 2.18 bits per heavy atom. The number of H-pyrrole nitrogens is 1. The summed E-state index contributed by atoms with van der Waals surface area (Å²) >= 11 is 0. The smallest absolute Gasteiger partial charge is 0.330 e. The van der Waals surface area contributed by atoms with E-state index in [4.69, 9.17) is 11.2 Å². The molecular formula is C9H12N2O6. The molecule has 8 heteroatoms. The molecule has 8 nitrogen and oxygen atoms in total. The van der Waals surface area contributed by atoms with Crippen molar-refractivity contribution in [2.45, 2.75) is 24.5 Å². The molecule has 94 valence electrons. The van der Waals surface area contributed by atoms with Crippen LogP contribution in [0, 0.1) is 0 Å². The van der Waals surface area contributed by atoms with Crippen molar-refractivity contribution < 1.29 is 21.4 Å². The van der Waals surface area contributed by atoms with Gasteiger partial charge in [0, 0.05) is 12.3 Å². The molecule has 4 N–H and O–H groups in total. The van der Waals surface area contributed by atoms with E-state index in [-0.39, 0.29) is 0 Å². The first-order valence-electron chi connectivity index (χ1n) is 5.43. The Bertz CT molecular complexity index is 540. The molecule has 0 radical (unpaired) electrons. The number of aromatic nitrogens is 2. The summed E-state index contributed by atoms with van der Waals surface area (Å²) in [6.45, 7) is -1.75. The van der Waals surface area contributed by atoms with Gasteiger partial charge in [-0.2, -0.15) is 0 Å². The summed E-state index contributed by atoms with van der Waals surface area (Å²) < 4.78 is 13.0. The van der Waals surface area contributed by atoms with E-state index in [1.807, 2.05) is 4.98 Å². The summed E-state index contributed by atoms with van der Waals surface area (Å²) in [4.78, 5) is 24.3. The largest absolute Gasteiger partial charge is 0.394 e. The fourth-order valence-corrected chi connectivity index (χ4v) is 1.67. The highest BCUT2D eigenvalue weighted by molar-refractivity contribution is 4.92. The molecule has 17 heavy (non-hydrogen) atoms. The van der Waals surface area contributed by atoms with Gasteiger partial charge in [0.05, 0.1) is 7.95 Å². The third-order valence-corrected chi connectivity index (χ3v) is 2.55. The minimum atomic E-state index is -1.75. The van der Waals surface area contributed by atoms with Crippen LogP contribution in [0.5, 0.6) is 0 Å². The van der Waals surface area contributed by atoms with Crippen molar-refractivity contribution in [1.82, 2.24) is 9.55 Å². The number of nitrogens with one attached hydrogen (secondary N) is 1. The minimum Gasteiger partial charge on any atom is -0.394 e. The second kappa shape index (κ2) is 4.41. The number of ether oxygens (including phenoxy) is 1. The predicted octanol–water partition coefficient (Wildman–Crippen LogP) is -2.85. The number of hydrogen-bond donors (Lipinski definition) is 4. The van der Waals surface area contributed by atoms with Crippen molar-refractivity contribution >= 4 is 0 Å². The molecule has 0 aliphatic carbocycles. The Morgan fingerprint density at radius 3 is 2.71 bits per heavy atom. The lowest BCUT2D eigenvalue weighted by atomic mass is 10.1. The Hall–Kier alpha value is -1.48. The van der Waals surface area contributed by atoms with E-state index in [1.165, 1.54) is 0 Å². The molecule has 0 spiro atoms. The highest BCUT2D eigenvalue weighted by Crippen LogP contribution is 2.27. The van der Waals surface area contributed by atoms with Crippen LogP contribution in [0.3, 0.4) is 0 Å². The third kappa shape index (κ3) is 2.03. The van der Waals surface area contributed by atoms with Crippen LogP contribution in [-0.4, -0.2) is 49.8 Å². The maximum absolute atomic E-state index is 11.5. The topological polar surface area (TPSA) is 125 Å². The van der Waals surface area contributed by atoms with Crippen LogP contribution in [0.4, 0.5) is 0 Å². The van der Waals surface area contributed by atoms with Gasteiger partial charge in [0.15, 0.2) is 6.23 Å². The quantitative estimate of drug-likeness (QED) is 0.444. The van der Waals surface area contributed by atoms with Gasteiger partial charge in [0.2, 0.25) is 0 Å². The summed E-state index contributed by atoms with van der Waals surface area (Å²) in [5.74, 6) is 0. The number of aliphatic hydroxyl groups is 3. The highest BCUT2D eigenvalue weighted by Gasteiger charge is 2.43. The fourth-order valence-electron chi connectivity index (χ4n) is 1.67. The number of rotatable bonds is 2. The summed E-state index contributed by atoms with van der Waals surface area (Å²) in [6, 6.07) is 1.05. The molecular weight excluding hydrogens is 232 g/mol. The van der Waals surface area contributed by atoms with Gasteiger partial charge in [0.1, 0.15) is 18.3 Å². The number of nitrogens with zero attached hydrogens (tertiary/aromatic N) is 1. The zero-order valence-corrected chi connectivity index (χ0v) is 8.56. The zero-order valence-electron chi connectivity index (χ0n) is 9.56. The van der Waals surface area contributed by atoms with Crippen molar-refractivity contribution in [2.24, 2.45) is 0 Å². The Labute approximate surface area is 96.1 Å². The average Bonchev–Trinajstić information content (AvgIpc) is 2.57. The molecule has 0 aromatic carbocycles. The van der Waals surface area contributed by atoms with Gasteiger partial charge in [-0.25, -0.2) is 4.79 Å². The molecule has 1 aliphatic heterocycles. The second-order valence-electron chi connectivity index (χ2n) is 3.64. The predicted molar refractivity (Wildman–Crippen MR) is 54.3 cm³/mol. The number of aromatic amines is 1. The molecule has 2 heterocycles. The zero-order chi connectivity index (χ0) is 13.4. The van der Waals surface area contributed by atoms with E-state index in [9.17, 15) is 19.8 Å². The van der Waals surface area contributed by atoms with Crippen LogP contribution < -0.4 is 11.2 Å². The lowest BCUT2D eigenvalue weighted by Gasteiger charge is -2.16. The van der Waals surface area contributed by atoms with Crippen LogP contribution in [0.25, 0.3) is 0 Å². The molecule has 1 unspecified atom stereocenters. The van der Waals surface area contributed by atoms with Crippen LogP contribution in [0.15, 0.2) is 21.9 Å². The lowest BCUT2D eigenvalue weighted by molar-refractivity contribution is -0.0550. The van der Waals surface area contributed by atoms with Crippen LogP contribution in [0.1, 0.15) is 7.60 Å². The second-order valence-corrected chi connectivity index (χ2v) is 3.64. The van der Waals surface area contributed by atoms with E-state index in [0.717, 1.165) is 16.8 Å². The van der Waals surface area contributed by atoms with Gasteiger partial charge in [-0.3, -0.25) is 14.3 Å². The normalized spacial score (nSPS) is 35.6.